The Morgan fingerprint density at radius 3 is 2.61 bits per heavy atom. The van der Waals surface area contributed by atoms with Gasteiger partial charge in [-0.15, -0.1) is 11.3 Å². The Labute approximate surface area is 191 Å². The Balaban J connectivity index is 1.42. The molecule has 0 atom stereocenters. The topological polar surface area (TPSA) is 145 Å². The summed E-state index contributed by atoms with van der Waals surface area (Å²) in [5, 5.41) is 22.8. The zero-order valence-corrected chi connectivity index (χ0v) is 18.4. The van der Waals surface area contributed by atoms with Gasteiger partial charge in [0.15, 0.2) is 5.13 Å². The molecule has 0 aliphatic heterocycles. The van der Waals surface area contributed by atoms with Gasteiger partial charge in [0.25, 0.3) is 11.6 Å². The minimum atomic E-state index is -0.484. The van der Waals surface area contributed by atoms with E-state index in [1.165, 1.54) is 34.4 Å². The van der Waals surface area contributed by atoms with Crippen molar-refractivity contribution in [1.82, 2.24) is 14.8 Å². The third kappa shape index (κ3) is 4.96. The van der Waals surface area contributed by atoms with Gasteiger partial charge in [-0.1, -0.05) is 0 Å². The number of anilines is 2. The largest absolute Gasteiger partial charge is 0.469 e. The van der Waals surface area contributed by atoms with Crippen molar-refractivity contribution >= 4 is 39.8 Å². The molecule has 168 valence electrons. The Hall–Kier alpha value is -4.32. The molecular weight excluding hydrogens is 448 g/mol. The van der Waals surface area contributed by atoms with E-state index in [-0.39, 0.29) is 23.9 Å². The highest BCUT2D eigenvalue weighted by Gasteiger charge is 2.16. The number of amides is 2. The van der Waals surface area contributed by atoms with Crippen molar-refractivity contribution < 1.29 is 18.9 Å². The van der Waals surface area contributed by atoms with Crippen LogP contribution in [0.2, 0.25) is 0 Å². The minimum absolute atomic E-state index is 0.0123. The lowest BCUT2D eigenvalue weighted by atomic mass is 10.2. The first kappa shape index (κ1) is 21.9. The highest BCUT2D eigenvalue weighted by Crippen LogP contribution is 2.22. The molecule has 0 aliphatic rings. The molecule has 33 heavy (non-hydrogen) atoms. The van der Waals surface area contributed by atoms with Crippen LogP contribution in [0.4, 0.5) is 16.6 Å². The summed E-state index contributed by atoms with van der Waals surface area (Å²) in [5.41, 5.74) is 2.10. The zero-order valence-electron chi connectivity index (χ0n) is 17.6. The van der Waals surface area contributed by atoms with E-state index >= 15 is 0 Å². The Morgan fingerprint density at radius 1 is 1.18 bits per heavy atom. The van der Waals surface area contributed by atoms with E-state index in [0.717, 1.165) is 0 Å². The Kier molecular flexibility index (Phi) is 6.00. The fourth-order valence-electron chi connectivity index (χ4n) is 3.08. The normalized spacial score (nSPS) is 10.7. The number of nitro benzene ring substituents is 1. The van der Waals surface area contributed by atoms with Crippen LogP contribution in [0.1, 0.15) is 27.5 Å². The Morgan fingerprint density at radius 2 is 1.94 bits per heavy atom. The number of rotatable bonds is 7. The molecule has 2 N–H and O–H groups in total. The number of nitrogens with one attached hydrogen (secondary N) is 2. The van der Waals surface area contributed by atoms with Crippen LogP contribution in [-0.2, 0) is 11.2 Å². The fourth-order valence-corrected chi connectivity index (χ4v) is 3.79. The number of aryl methyl sites for hydroxylation is 2. The number of furan rings is 1. The molecule has 1 aromatic carbocycles. The number of nitrogens with zero attached hydrogens (tertiary/aromatic N) is 4. The van der Waals surface area contributed by atoms with E-state index in [1.807, 2.05) is 0 Å². The molecule has 0 saturated carbocycles. The molecule has 4 rings (SSSR count). The number of aromatic nitrogens is 3. The molecule has 0 radical (unpaired) electrons. The third-order valence-corrected chi connectivity index (χ3v) is 5.43. The molecule has 0 spiro atoms. The molecule has 0 saturated heterocycles. The summed E-state index contributed by atoms with van der Waals surface area (Å²) in [6, 6.07) is 9.11. The SMILES string of the molecule is Cc1cc(NC(=O)Cc2csc(NC(=O)c3ccoc3C)n2)n(-c2ccc([N+](=O)[O-])cc2)n1. The first-order valence-electron chi connectivity index (χ1n) is 9.71. The summed E-state index contributed by atoms with van der Waals surface area (Å²) in [6.45, 7) is 3.46. The number of carbonyl (C=O) groups is 2. The first-order chi connectivity index (χ1) is 15.8. The van der Waals surface area contributed by atoms with Gasteiger partial charge >= 0.3 is 0 Å². The lowest BCUT2D eigenvalue weighted by molar-refractivity contribution is -0.384. The van der Waals surface area contributed by atoms with Crippen LogP contribution < -0.4 is 10.6 Å². The van der Waals surface area contributed by atoms with Crippen LogP contribution in [0.5, 0.6) is 0 Å². The fraction of sp³-hybridized carbons (Fsp3) is 0.143. The second-order valence-corrected chi connectivity index (χ2v) is 7.93. The van der Waals surface area contributed by atoms with Crippen LogP contribution in [-0.4, -0.2) is 31.5 Å². The molecule has 0 fully saturated rings. The molecule has 3 aromatic heterocycles. The van der Waals surface area contributed by atoms with Gasteiger partial charge in [0.1, 0.15) is 11.6 Å². The smallest absolute Gasteiger partial charge is 0.269 e. The summed E-state index contributed by atoms with van der Waals surface area (Å²) < 4.78 is 6.63. The predicted octanol–water partition coefficient (Wildman–Crippen LogP) is 3.88. The van der Waals surface area contributed by atoms with Crippen molar-refractivity contribution in [2.75, 3.05) is 10.6 Å². The zero-order chi connectivity index (χ0) is 23.5. The number of thiazole rings is 1. The van der Waals surface area contributed by atoms with Gasteiger partial charge in [-0.3, -0.25) is 25.0 Å². The van der Waals surface area contributed by atoms with Gasteiger partial charge in [0, 0.05) is 23.6 Å². The van der Waals surface area contributed by atoms with Gasteiger partial charge in [-0.25, -0.2) is 9.67 Å². The summed E-state index contributed by atoms with van der Waals surface area (Å²) >= 11 is 1.21. The van der Waals surface area contributed by atoms with Crippen molar-refractivity contribution in [3.8, 4) is 5.69 Å². The molecule has 4 aromatic rings. The van der Waals surface area contributed by atoms with Gasteiger partial charge in [-0.2, -0.15) is 5.10 Å². The van der Waals surface area contributed by atoms with Gasteiger partial charge < -0.3 is 9.73 Å². The average Bonchev–Trinajstić information content (AvgIpc) is 3.48. The van der Waals surface area contributed by atoms with Gasteiger partial charge in [-0.05, 0) is 32.0 Å². The predicted molar refractivity (Wildman–Crippen MR) is 121 cm³/mol. The van der Waals surface area contributed by atoms with Gasteiger partial charge in [0.05, 0.1) is 40.2 Å². The molecule has 3 heterocycles. The molecule has 2 amide bonds. The summed E-state index contributed by atoms with van der Waals surface area (Å²) in [5.74, 6) is 0.259. The number of hydrogen-bond donors (Lipinski definition) is 2. The highest BCUT2D eigenvalue weighted by molar-refractivity contribution is 7.14. The van der Waals surface area contributed by atoms with Crippen LogP contribution in [0.15, 0.2) is 52.5 Å². The second kappa shape index (κ2) is 9.04. The van der Waals surface area contributed by atoms with E-state index in [9.17, 15) is 19.7 Å². The molecule has 0 aliphatic carbocycles. The lowest BCUT2D eigenvalue weighted by Gasteiger charge is -2.08. The molecule has 0 unspecified atom stereocenters. The molecule has 12 heteroatoms. The van der Waals surface area contributed by atoms with Crippen molar-refractivity contribution in [3.05, 3.63) is 80.9 Å². The van der Waals surface area contributed by atoms with Gasteiger partial charge in [0.2, 0.25) is 5.91 Å². The maximum Gasteiger partial charge on any atom is 0.269 e. The second-order valence-electron chi connectivity index (χ2n) is 7.07. The maximum absolute atomic E-state index is 12.6. The van der Waals surface area contributed by atoms with Crippen molar-refractivity contribution in [2.45, 2.75) is 20.3 Å². The first-order valence-corrected chi connectivity index (χ1v) is 10.6. The van der Waals surface area contributed by atoms with Crippen LogP contribution in [0, 0.1) is 24.0 Å². The number of benzene rings is 1. The van der Waals surface area contributed by atoms with Crippen molar-refractivity contribution in [1.29, 1.82) is 0 Å². The summed E-state index contributed by atoms with van der Waals surface area (Å²) in [4.78, 5) is 39.6. The van der Waals surface area contributed by atoms with Crippen LogP contribution >= 0.6 is 11.3 Å². The van der Waals surface area contributed by atoms with Crippen molar-refractivity contribution in [3.63, 3.8) is 0 Å². The average molecular weight is 466 g/mol. The number of hydrogen-bond acceptors (Lipinski definition) is 8. The molecule has 0 bridgehead atoms. The lowest BCUT2D eigenvalue weighted by Crippen LogP contribution is -2.17. The van der Waals surface area contributed by atoms with E-state index in [0.29, 0.717) is 39.3 Å². The van der Waals surface area contributed by atoms with E-state index in [4.69, 9.17) is 4.42 Å². The quantitative estimate of drug-likeness (QED) is 0.310. The van der Waals surface area contributed by atoms with Crippen LogP contribution in [0.3, 0.4) is 0 Å². The summed E-state index contributed by atoms with van der Waals surface area (Å²) in [6.07, 6.45) is 1.42. The highest BCUT2D eigenvalue weighted by atomic mass is 32.1. The third-order valence-electron chi connectivity index (χ3n) is 4.62. The number of carbonyl (C=O) groups excluding carboxylic acids is 2. The van der Waals surface area contributed by atoms with Crippen molar-refractivity contribution in [2.24, 2.45) is 0 Å². The number of non-ortho nitro benzene ring substituents is 1. The monoisotopic (exact) mass is 466 g/mol. The Bertz CT molecular complexity index is 1340. The van der Waals surface area contributed by atoms with E-state index < -0.39 is 4.92 Å². The number of nitro groups is 1. The summed E-state index contributed by atoms with van der Waals surface area (Å²) in [7, 11) is 0. The minimum Gasteiger partial charge on any atom is -0.469 e. The van der Waals surface area contributed by atoms with E-state index in [2.05, 4.69) is 20.7 Å². The van der Waals surface area contributed by atoms with E-state index in [1.54, 1.807) is 43.5 Å². The molecular formula is C21H18N6O5S. The van der Waals surface area contributed by atoms with Crippen LogP contribution in [0.25, 0.3) is 5.69 Å². The standard InChI is InChI=1S/C21H18N6O5S/c1-12-9-18(26(25-12)15-3-5-16(6-4-15)27(30)31)23-19(28)10-14-11-33-21(22-14)24-20(29)17-7-8-32-13(17)2/h3-9,11H,10H2,1-2H3,(H,23,28)(H,22,24,29). The maximum atomic E-state index is 12.6. The molecule has 11 nitrogen and oxygen atoms in total.